The van der Waals surface area contributed by atoms with Gasteiger partial charge >= 0.3 is 0 Å². The van der Waals surface area contributed by atoms with Crippen LogP contribution in [0.15, 0.2) is 24.3 Å². The van der Waals surface area contributed by atoms with Crippen LogP contribution in [-0.2, 0) is 21.8 Å². The zero-order valence-electron chi connectivity index (χ0n) is 10.0. The Labute approximate surface area is 97.6 Å². The van der Waals surface area contributed by atoms with E-state index in [1.54, 1.807) is 0 Å². The molecule has 0 aliphatic heterocycles. The van der Waals surface area contributed by atoms with Gasteiger partial charge in [-0.2, -0.15) is 0 Å². The fourth-order valence-electron chi connectivity index (χ4n) is 1.86. The molecule has 0 aromatic heterocycles. The molecule has 0 aliphatic carbocycles. The lowest BCUT2D eigenvalue weighted by molar-refractivity contribution is 0.552. The van der Waals surface area contributed by atoms with Crippen LogP contribution < -0.4 is 5.73 Å². The van der Waals surface area contributed by atoms with Crippen LogP contribution in [0.3, 0.4) is 0 Å². The molecule has 1 aromatic rings. The quantitative estimate of drug-likeness (QED) is 0.868. The van der Waals surface area contributed by atoms with Crippen molar-refractivity contribution < 1.29 is 8.42 Å². The molecule has 0 spiro atoms. The number of rotatable bonds is 4. The van der Waals surface area contributed by atoms with Crippen LogP contribution in [0, 0.1) is 0 Å². The predicted molar refractivity (Wildman–Crippen MR) is 67.1 cm³/mol. The molecular formula is C12H19NO2S. The van der Waals surface area contributed by atoms with Gasteiger partial charge in [0, 0.05) is 18.2 Å². The maximum absolute atomic E-state index is 11.3. The van der Waals surface area contributed by atoms with Crippen molar-refractivity contribution in [1.29, 1.82) is 0 Å². The number of sulfone groups is 1. The summed E-state index contributed by atoms with van der Waals surface area (Å²) in [7, 11) is -2.98. The monoisotopic (exact) mass is 241 g/mol. The van der Waals surface area contributed by atoms with Crippen LogP contribution in [-0.4, -0.2) is 20.4 Å². The molecule has 0 atom stereocenters. The van der Waals surface area contributed by atoms with Crippen LogP contribution in [0.1, 0.15) is 25.0 Å². The Morgan fingerprint density at radius 1 is 1.31 bits per heavy atom. The Hall–Kier alpha value is -0.870. The van der Waals surface area contributed by atoms with Crippen LogP contribution >= 0.6 is 0 Å². The minimum absolute atomic E-state index is 0.147. The average molecular weight is 241 g/mol. The second kappa shape index (κ2) is 4.55. The molecule has 4 heteroatoms. The van der Waals surface area contributed by atoms with Crippen molar-refractivity contribution in [2.24, 2.45) is 5.73 Å². The van der Waals surface area contributed by atoms with Gasteiger partial charge in [0.15, 0.2) is 0 Å². The van der Waals surface area contributed by atoms with E-state index < -0.39 is 9.84 Å². The molecule has 0 unspecified atom stereocenters. The molecular weight excluding hydrogens is 222 g/mol. The summed E-state index contributed by atoms with van der Waals surface area (Å²) in [6.45, 7) is 4.34. The number of nitrogens with two attached hydrogens (primary N) is 1. The SMILES string of the molecule is CC(C)(CS(C)(=O)=O)c1cccc(CN)c1. The largest absolute Gasteiger partial charge is 0.326 e. The van der Waals surface area contributed by atoms with Gasteiger partial charge in [-0.3, -0.25) is 0 Å². The molecule has 3 nitrogen and oxygen atoms in total. The van der Waals surface area contributed by atoms with Crippen LogP contribution in [0.25, 0.3) is 0 Å². The highest BCUT2D eigenvalue weighted by Crippen LogP contribution is 2.25. The van der Waals surface area contributed by atoms with E-state index in [9.17, 15) is 8.42 Å². The summed E-state index contributed by atoms with van der Waals surface area (Å²) in [4.78, 5) is 0. The normalized spacial score (nSPS) is 12.8. The topological polar surface area (TPSA) is 60.2 Å². The lowest BCUT2D eigenvalue weighted by atomic mass is 9.86. The first-order chi connectivity index (χ1) is 7.24. The summed E-state index contributed by atoms with van der Waals surface area (Å²) in [6.07, 6.45) is 1.27. The van der Waals surface area contributed by atoms with Gasteiger partial charge in [-0.05, 0) is 11.1 Å². The molecule has 2 N–H and O–H groups in total. The first kappa shape index (κ1) is 13.2. The molecule has 1 aromatic carbocycles. The van der Waals surface area contributed by atoms with Crippen molar-refractivity contribution in [2.45, 2.75) is 25.8 Å². The molecule has 90 valence electrons. The third-order valence-electron chi connectivity index (χ3n) is 2.57. The van der Waals surface area contributed by atoms with Gasteiger partial charge in [-0.1, -0.05) is 38.1 Å². The van der Waals surface area contributed by atoms with E-state index in [0.717, 1.165) is 11.1 Å². The molecule has 0 heterocycles. The second-order valence-electron chi connectivity index (χ2n) is 4.86. The van der Waals surface area contributed by atoms with Crippen LogP contribution in [0.4, 0.5) is 0 Å². The molecule has 0 amide bonds. The third-order valence-corrected chi connectivity index (χ3v) is 3.81. The predicted octanol–water partition coefficient (Wildman–Crippen LogP) is 1.47. The molecule has 1 rings (SSSR count). The van der Waals surface area contributed by atoms with Gasteiger partial charge < -0.3 is 5.73 Å². The van der Waals surface area contributed by atoms with Gasteiger partial charge in [0.1, 0.15) is 9.84 Å². The standard InChI is InChI=1S/C12H19NO2S/c1-12(2,9-16(3,14)15)11-6-4-5-10(7-11)8-13/h4-7H,8-9,13H2,1-3H3. The van der Waals surface area contributed by atoms with E-state index in [-0.39, 0.29) is 11.2 Å². The Morgan fingerprint density at radius 2 is 1.94 bits per heavy atom. The van der Waals surface area contributed by atoms with Crippen molar-refractivity contribution >= 4 is 9.84 Å². The van der Waals surface area contributed by atoms with Gasteiger partial charge in [0.2, 0.25) is 0 Å². The van der Waals surface area contributed by atoms with E-state index >= 15 is 0 Å². The Morgan fingerprint density at radius 3 is 2.44 bits per heavy atom. The first-order valence-corrected chi connectivity index (χ1v) is 7.28. The van der Waals surface area contributed by atoms with Crippen molar-refractivity contribution in [3.8, 4) is 0 Å². The molecule has 0 bridgehead atoms. The fourth-order valence-corrected chi connectivity index (χ4v) is 3.34. The Balaban J connectivity index is 3.06. The highest BCUT2D eigenvalue weighted by atomic mass is 32.2. The fraction of sp³-hybridized carbons (Fsp3) is 0.500. The van der Waals surface area contributed by atoms with Crippen molar-refractivity contribution in [3.63, 3.8) is 0 Å². The molecule has 0 fully saturated rings. The zero-order valence-corrected chi connectivity index (χ0v) is 10.8. The summed E-state index contributed by atoms with van der Waals surface area (Å²) in [5.74, 6) is 0.147. The van der Waals surface area contributed by atoms with E-state index in [1.807, 2.05) is 38.1 Å². The number of benzene rings is 1. The average Bonchev–Trinajstić information content (AvgIpc) is 2.14. The van der Waals surface area contributed by atoms with Gasteiger partial charge in [-0.15, -0.1) is 0 Å². The maximum Gasteiger partial charge on any atom is 0.148 e. The zero-order chi connectivity index (χ0) is 12.4. The summed E-state index contributed by atoms with van der Waals surface area (Å²) in [6, 6.07) is 7.79. The second-order valence-corrected chi connectivity index (χ2v) is 7.00. The van der Waals surface area contributed by atoms with Crippen molar-refractivity contribution in [3.05, 3.63) is 35.4 Å². The van der Waals surface area contributed by atoms with Crippen molar-refractivity contribution in [1.82, 2.24) is 0 Å². The van der Waals surface area contributed by atoms with Crippen LogP contribution in [0.5, 0.6) is 0 Å². The lowest BCUT2D eigenvalue weighted by Crippen LogP contribution is -2.27. The minimum atomic E-state index is -2.98. The maximum atomic E-state index is 11.3. The lowest BCUT2D eigenvalue weighted by Gasteiger charge is -2.24. The Bertz CT molecular complexity index is 464. The highest BCUT2D eigenvalue weighted by molar-refractivity contribution is 7.90. The Kier molecular flexibility index (Phi) is 3.76. The molecule has 0 saturated heterocycles. The summed E-state index contributed by atoms with van der Waals surface area (Å²) in [5.41, 5.74) is 7.24. The summed E-state index contributed by atoms with van der Waals surface area (Å²) in [5, 5.41) is 0. The summed E-state index contributed by atoms with van der Waals surface area (Å²) < 4.78 is 22.7. The highest BCUT2D eigenvalue weighted by Gasteiger charge is 2.25. The molecule has 0 aliphatic rings. The van der Waals surface area contributed by atoms with Gasteiger partial charge in [0.05, 0.1) is 5.75 Å². The van der Waals surface area contributed by atoms with Crippen LogP contribution in [0.2, 0.25) is 0 Å². The van der Waals surface area contributed by atoms with Gasteiger partial charge in [0.25, 0.3) is 0 Å². The molecule has 16 heavy (non-hydrogen) atoms. The van der Waals surface area contributed by atoms with Crippen molar-refractivity contribution in [2.75, 3.05) is 12.0 Å². The third kappa shape index (κ3) is 3.61. The van der Waals surface area contributed by atoms with Gasteiger partial charge in [-0.25, -0.2) is 8.42 Å². The first-order valence-electron chi connectivity index (χ1n) is 5.22. The summed E-state index contributed by atoms with van der Waals surface area (Å²) >= 11 is 0. The number of hydrogen-bond acceptors (Lipinski definition) is 3. The van der Waals surface area contributed by atoms with E-state index in [4.69, 9.17) is 5.73 Å². The van der Waals surface area contributed by atoms with E-state index in [0.29, 0.717) is 6.54 Å². The molecule has 0 radical (unpaired) electrons. The smallest absolute Gasteiger partial charge is 0.148 e. The minimum Gasteiger partial charge on any atom is -0.326 e. The number of hydrogen-bond donors (Lipinski definition) is 1. The van der Waals surface area contributed by atoms with E-state index in [1.165, 1.54) is 6.26 Å². The molecule has 0 saturated carbocycles. The van der Waals surface area contributed by atoms with E-state index in [2.05, 4.69) is 0 Å².